The van der Waals surface area contributed by atoms with E-state index in [0.29, 0.717) is 11.7 Å². The highest BCUT2D eigenvalue weighted by atomic mass is 16.5. The lowest BCUT2D eigenvalue weighted by molar-refractivity contribution is -0.125. The number of hydrogen-bond donors (Lipinski definition) is 2. The van der Waals surface area contributed by atoms with Gasteiger partial charge in [-0.3, -0.25) is 14.9 Å². The summed E-state index contributed by atoms with van der Waals surface area (Å²) >= 11 is 0. The molecule has 5 rings (SSSR count). The number of para-hydroxylation sites is 1. The van der Waals surface area contributed by atoms with Crippen LogP contribution in [0.5, 0.6) is 5.75 Å². The Hall–Kier alpha value is -2.89. The number of anilines is 1. The van der Waals surface area contributed by atoms with Crippen LogP contribution in [0.15, 0.2) is 42.6 Å². The number of carbonyl (C=O) groups is 1. The van der Waals surface area contributed by atoms with E-state index in [9.17, 15) is 4.79 Å². The molecule has 2 N–H and O–H groups in total. The van der Waals surface area contributed by atoms with Gasteiger partial charge in [-0.1, -0.05) is 18.2 Å². The van der Waals surface area contributed by atoms with Gasteiger partial charge in [-0.05, 0) is 37.8 Å². The van der Waals surface area contributed by atoms with Gasteiger partial charge in [0.1, 0.15) is 17.4 Å². The number of nitrogens with one attached hydrogen (secondary N) is 2. The molecule has 6 heteroatoms. The summed E-state index contributed by atoms with van der Waals surface area (Å²) in [4.78, 5) is 16.8. The number of benzene rings is 1. The molecule has 1 aromatic carbocycles. The highest BCUT2D eigenvalue weighted by Gasteiger charge is 2.37. The maximum atomic E-state index is 12.4. The van der Waals surface area contributed by atoms with Gasteiger partial charge in [0.05, 0.1) is 0 Å². The fourth-order valence-corrected chi connectivity index (χ4v) is 3.46. The third-order valence-corrected chi connectivity index (χ3v) is 5.22. The second-order valence-corrected chi connectivity index (χ2v) is 7.21. The van der Waals surface area contributed by atoms with E-state index in [1.165, 1.54) is 12.8 Å². The number of rotatable bonds is 5. The second kappa shape index (κ2) is 6.12. The molecule has 0 bridgehead atoms. The number of pyridine rings is 1. The van der Waals surface area contributed by atoms with Crippen LogP contribution in [0.1, 0.15) is 37.3 Å². The van der Waals surface area contributed by atoms with Crippen molar-refractivity contribution in [2.75, 3.05) is 5.32 Å². The molecule has 2 fully saturated rings. The summed E-state index contributed by atoms with van der Waals surface area (Å²) in [5, 5.41) is 11.2. The first-order valence-electron chi connectivity index (χ1n) is 9.13. The molecule has 2 heterocycles. The number of carbonyl (C=O) groups excluding carboxylic acids is 1. The number of nitrogens with zero attached hydrogens (tertiary/aromatic N) is 2. The molecule has 0 unspecified atom stereocenters. The van der Waals surface area contributed by atoms with E-state index in [0.717, 1.165) is 35.2 Å². The third-order valence-electron chi connectivity index (χ3n) is 5.22. The summed E-state index contributed by atoms with van der Waals surface area (Å²) < 4.78 is 6.07. The molecule has 26 heavy (non-hydrogen) atoms. The minimum Gasteiger partial charge on any atom is -0.488 e. The van der Waals surface area contributed by atoms with E-state index in [2.05, 4.69) is 20.5 Å². The molecule has 2 aromatic heterocycles. The summed E-state index contributed by atoms with van der Waals surface area (Å²) in [6.07, 6.45) is 5.68. The van der Waals surface area contributed by atoms with Crippen molar-refractivity contribution in [1.82, 2.24) is 15.2 Å². The quantitative estimate of drug-likeness (QED) is 0.738. The molecular formula is C20H20N4O2. The fraction of sp³-hybridized carbons (Fsp3) is 0.350. The predicted octanol–water partition coefficient (Wildman–Crippen LogP) is 3.63. The molecule has 0 spiro atoms. The minimum atomic E-state index is -0.0241. The van der Waals surface area contributed by atoms with E-state index in [1.807, 2.05) is 36.4 Å². The van der Waals surface area contributed by atoms with Gasteiger partial charge in [-0.25, -0.2) is 0 Å². The van der Waals surface area contributed by atoms with Crippen molar-refractivity contribution in [3.8, 4) is 5.75 Å². The van der Waals surface area contributed by atoms with E-state index in [1.54, 1.807) is 6.20 Å². The van der Waals surface area contributed by atoms with Crippen LogP contribution in [-0.2, 0) is 4.79 Å². The Labute approximate surface area is 151 Å². The minimum absolute atomic E-state index is 0.0229. The van der Waals surface area contributed by atoms with E-state index >= 15 is 0 Å². The number of aromatic amines is 1. The Morgan fingerprint density at radius 2 is 2.04 bits per heavy atom. The Kier molecular flexibility index (Phi) is 3.62. The summed E-state index contributed by atoms with van der Waals surface area (Å²) in [5.41, 5.74) is 1.99. The van der Waals surface area contributed by atoms with Crippen LogP contribution in [0.3, 0.4) is 0 Å². The molecule has 2 aliphatic carbocycles. The van der Waals surface area contributed by atoms with Crippen molar-refractivity contribution in [2.45, 2.75) is 37.7 Å². The maximum Gasteiger partial charge on any atom is 0.228 e. The molecule has 2 saturated carbocycles. The average molecular weight is 348 g/mol. The van der Waals surface area contributed by atoms with Crippen LogP contribution >= 0.6 is 0 Å². The number of ether oxygens (including phenoxy) is 1. The van der Waals surface area contributed by atoms with Crippen LogP contribution in [0.25, 0.3) is 10.9 Å². The Morgan fingerprint density at radius 3 is 2.88 bits per heavy atom. The normalized spacial score (nSPS) is 22.0. The Balaban J connectivity index is 1.18. The monoisotopic (exact) mass is 348 g/mol. The van der Waals surface area contributed by atoms with E-state index in [4.69, 9.17) is 4.74 Å². The predicted molar refractivity (Wildman–Crippen MR) is 98.1 cm³/mol. The molecule has 0 aliphatic heterocycles. The molecule has 0 saturated heterocycles. The summed E-state index contributed by atoms with van der Waals surface area (Å²) in [7, 11) is 0. The molecule has 0 radical (unpaired) electrons. The first-order chi connectivity index (χ1) is 12.8. The number of H-pyrrole nitrogens is 1. The van der Waals surface area contributed by atoms with Crippen LogP contribution in [0.2, 0.25) is 0 Å². The summed E-state index contributed by atoms with van der Waals surface area (Å²) in [5.74, 6) is 2.01. The highest BCUT2D eigenvalue weighted by Crippen LogP contribution is 2.40. The molecule has 3 aromatic rings. The molecule has 2 aliphatic rings. The largest absolute Gasteiger partial charge is 0.488 e. The molecule has 0 atom stereocenters. The van der Waals surface area contributed by atoms with Crippen molar-refractivity contribution < 1.29 is 9.53 Å². The van der Waals surface area contributed by atoms with Gasteiger partial charge >= 0.3 is 0 Å². The molecule has 132 valence electrons. The lowest BCUT2D eigenvalue weighted by atomic mass is 9.81. The zero-order chi connectivity index (χ0) is 17.5. The zero-order valence-electron chi connectivity index (χ0n) is 14.3. The standard InChI is InChI=1S/C20H20N4O2/c25-20(22-18-11-16(23-24-18)12-6-7-12)14-9-15(10-14)26-17-5-1-3-13-4-2-8-21-19(13)17/h1-5,8,11-12,14-15H,6-7,9-10H2,(H2,22,23,24,25). The van der Waals surface area contributed by atoms with E-state index < -0.39 is 0 Å². The number of fused-ring (bicyclic) bond motifs is 1. The average Bonchev–Trinajstić information content (AvgIpc) is 3.37. The van der Waals surface area contributed by atoms with Crippen LogP contribution < -0.4 is 10.1 Å². The summed E-state index contributed by atoms with van der Waals surface area (Å²) in [6.45, 7) is 0. The number of hydrogen-bond acceptors (Lipinski definition) is 4. The summed E-state index contributed by atoms with van der Waals surface area (Å²) in [6, 6.07) is 11.8. The van der Waals surface area contributed by atoms with Crippen LogP contribution in [-0.4, -0.2) is 27.2 Å². The van der Waals surface area contributed by atoms with Crippen molar-refractivity contribution >= 4 is 22.6 Å². The Bertz CT molecular complexity index is 952. The van der Waals surface area contributed by atoms with Gasteiger partial charge in [0, 0.05) is 35.2 Å². The van der Waals surface area contributed by atoms with Gasteiger partial charge in [0.2, 0.25) is 5.91 Å². The molecule has 6 nitrogen and oxygen atoms in total. The van der Waals surface area contributed by atoms with Crippen molar-refractivity contribution in [3.63, 3.8) is 0 Å². The number of amides is 1. The second-order valence-electron chi connectivity index (χ2n) is 7.21. The van der Waals surface area contributed by atoms with Crippen LogP contribution in [0, 0.1) is 5.92 Å². The first kappa shape index (κ1) is 15.4. The lowest BCUT2D eigenvalue weighted by Gasteiger charge is -2.34. The van der Waals surface area contributed by atoms with Crippen molar-refractivity contribution in [3.05, 3.63) is 48.3 Å². The molecule has 1 amide bonds. The first-order valence-corrected chi connectivity index (χ1v) is 9.13. The fourth-order valence-electron chi connectivity index (χ4n) is 3.46. The van der Waals surface area contributed by atoms with Gasteiger partial charge in [-0.2, -0.15) is 5.10 Å². The van der Waals surface area contributed by atoms with Crippen molar-refractivity contribution in [2.24, 2.45) is 5.92 Å². The SMILES string of the molecule is O=C(Nc1cc(C2CC2)[nH]n1)C1CC(Oc2cccc3cccnc23)C1. The maximum absolute atomic E-state index is 12.4. The Morgan fingerprint density at radius 1 is 1.19 bits per heavy atom. The van der Waals surface area contributed by atoms with Crippen molar-refractivity contribution in [1.29, 1.82) is 0 Å². The van der Waals surface area contributed by atoms with Gasteiger partial charge in [0.15, 0.2) is 5.82 Å². The van der Waals surface area contributed by atoms with E-state index in [-0.39, 0.29) is 17.9 Å². The van der Waals surface area contributed by atoms with Gasteiger partial charge < -0.3 is 10.1 Å². The smallest absolute Gasteiger partial charge is 0.228 e. The topological polar surface area (TPSA) is 79.9 Å². The zero-order valence-corrected chi connectivity index (χ0v) is 14.3. The van der Waals surface area contributed by atoms with Gasteiger partial charge in [-0.15, -0.1) is 0 Å². The third kappa shape index (κ3) is 2.92. The number of aromatic nitrogens is 3. The van der Waals surface area contributed by atoms with Gasteiger partial charge in [0.25, 0.3) is 0 Å². The molecular weight excluding hydrogens is 328 g/mol. The highest BCUT2D eigenvalue weighted by molar-refractivity contribution is 5.92. The lowest BCUT2D eigenvalue weighted by Crippen LogP contribution is -2.40. The van der Waals surface area contributed by atoms with Crippen LogP contribution in [0.4, 0.5) is 5.82 Å².